The number of benzene rings is 1. The molecule has 3 heterocycles. The summed E-state index contributed by atoms with van der Waals surface area (Å²) in [7, 11) is 0. The summed E-state index contributed by atoms with van der Waals surface area (Å²) in [5, 5.41) is 4.74. The number of carbonyl (C=O) groups excluding carboxylic acids is 1. The molecule has 140 valence electrons. The number of rotatable bonds is 2. The van der Waals surface area contributed by atoms with E-state index in [1.165, 1.54) is 6.07 Å². The molecule has 1 aliphatic rings. The fourth-order valence-corrected chi connectivity index (χ4v) is 3.37. The van der Waals surface area contributed by atoms with Crippen molar-refractivity contribution in [3.8, 4) is 5.82 Å². The lowest BCUT2D eigenvalue weighted by atomic mass is 10.1. The van der Waals surface area contributed by atoms with Crippen molar-refractivity contribution in [2.24, 2.45) is 0 Å². The molecule has 0 fully saturated rings. The van der Waals surface area contributed by atoms with Gasteiger partial charge in [0.25, 0.3) is 5.91 Å². The monoisotopic (exact) mass is 370 g/mol. The largest absolute Gasteiger partial charge is 0.328 e. The standard InChI is InChI=1S/C20H20F2N4O/c1-20(2,3)26-18(24-8-4-5-9-24)14-11-25(12-17(14)23-26)19(27)13-6-7-15(21)16(22)10-13/h4-10H,11-12H2,1-3H3. The van der Waals surface area contributed by atoms with Crippen LogP contribution in [0, 0.1) is 11.6 Å². The van der Waals surface area contributed by atoms with Crippen LogP contribution in [-0.4, -0.2) is 25.2 Å². The van der Waals surface area contributed by atoms with Gasteiger partial charge in [-0.15, -0.1) is 0 Å². The highest BCUT2D eigenvalue weighted by atomic mass is 19.2. The maximum absolute atomic E-state index is 13.5. The van der Waals surface area contributed by atoms with E-state index in [0.717, 1.165) is 29.2 Å². The highest BCUT2D eigenvalue weighted by Crippen LogP contribution is 2.32. The molecule has 0 saturated carbocycles. The van der Waals surface area contributed by atoms with Crippen LogP contribution in [-0.2, 0) is 18.6 Å². The van der Waals surface area contributed by atoms with E-state index < -0.39 is 11.6 Å². The van der Waals surface area contributed by atoms with Gasteiger partial charge in [0.2, 0.25) is 0 Å². The number of carbonyl (C=O) groups is 1. The van der Waals surface area contributed by atoms with E-state index in [1.807, 2.05) is 33.8 Å². The first kappa shape index (κ1) is 17.5. The third-order valence-electron chi connectivity index (χ3n) is 4.67. The Bertz CT molecular complexity index is 1020. The summed E-state index contributed by atoms with van der Waals surface area (Å²) in [6.45, 7) is 6.94. The number of fused-ring (bicyclic) bond motifs is 1. The number of amides is 1. The van der Waals surface area contributed by atoms with Crippen LogP contribution >= 0.6 is 0 Å². The van der Waals surface area contributed by atoms with Gasteiger partial charge in [-0.3, -0.25) is 4.79 Å². The predicted molar refractivity (Wildman–Crippen MR) is 96.5 cm³/mol. The Hall–Kier alpha value is -2.96. The SMILES string of the molecule is CC(C)(C)n1nc2c(c1-n1cccc1)CN(C(=O)c1ccc(F)c(F)c1)C2. The Balaban J connectivity index is 1.70. The first-order valence-corrected chi connectivity index (χ1v) is 8.74. The quantitative estimate of drug-likeness (QED) is 0.687. The summed E-state index contributed by atoms with van der Waals surface area (Å²) in [6.07, 6.45) is 3.89. The molecule has 1 aliphatic heterocycles. The van der Waals surface area contributed by atoms with Crippen LogP contribution in [0.2, 0.25) is 0 Å². The van der Waals surface area contributed by atoms with Crippen molar-refractivity contribution in [3.05, 3.63) is 71.2 Å². The normalized spacial score (nSPS) is 13.9. The lowest BCUT2D eigenvalue weighted by Gasteiger charge is -2.24. The maximum Gasteiger partial charge on any atom is 0.254 e. The van der Waals surface area contributed by atoms with Gasteiger partial charge in [0, 0.05) is 23.5 Å². The van der Waals surface area contributed by atoms with Crippen LogP contribution in [0.3, 0.4) is 0 Å². The second-order valence-corrected chi connectivity index (χ2v) is 7.71. The van der Waals surface area contributed by atoms with E-state index in [-0.39, 0.29) is 17.0 Å². The third kappa shape index (κ3) is 2.93. The van der Waals surface area contributed by atoms with Gasteiger partial charge >= 0.3 is 0 Å². The Morgan fingerprint density at radius 3 is 2.41 bits per heavy atom. The van der Waals surface area contributed by atoms with E-state index >= 15 is 0 Å². The Morgan fingerprint density at radius 2 is 1.78 bits per heavy atom. The summed E-state index contributed by atoms with van der Waals surface area (Å²) in [4.78, 5) is 14.4. The van der Waals surface area contributed by atoms with Crippen molar-refractivity contribution in [1.29, 1.82) is 0 Å². The minimum absolute atomic E-state index is 0.130. The number of halogens is 2. The van der Waals surface area contributed by atoms with Gasteiger partial charge < -0.3 is 9.47 Å². The molecule has 0 bridgehead atoms. The van der Waals surface area contributed by atoms with Gasteiger partial charge in [-0.1, -0.05) is 0 Å². The maximum atomic E-state index is 13.5. The van der Waals surface area contributed by atoms with Crippen LogP contribution in [0.15, 0.2) is 42.7 Å². The van der Waals surface area contributed by atoms with E-state index in [0.29, 0.717) is 13.1 Å². The summed E-state index contributed by atoms with van der Waals surface area (Å²) < 4.78 is 30.6. The molecule has 3 aromatic rings. The zero-order valence-electron chi connectivity index (χ0n) is 15.4. The zero-order valence-corrected chi connectivity index (χ0v) is 15.4. The van der Waals surface area contributed by atoms with E-state index in [4.69, 9.17) is 5.10 Å². The van der Waals surface area contributed by atoms with Gasteiger partial charge in [0.15, 0.2) is 11.6 Å². The number of hydrogen-bond donors (Lipinski definition) is 0. The molecule has 27 heavy (non-hydrogen) atoms. The molecule has 0 atom stereocenters. The molecule has 0 saturated heterocycles. The zero-order chi connectivity index (χ0) is 19.3. The van der Waals surface area contributed by atoms with Crippen LogP contribution < -0.4 is 0 Å². The van der Waals surface area contributed by atoms with Crippen LogP contribution in [0.1, 0.15) is 42.4 Å². The molecule has 0 N–H and O–H groups in total. The topological polar surface area (TPSA) is 43.1 Å². The first-order valence-electron chi connectivity index (χ1n) is 8.74. The Labute approximate surface area is 155 Å². The predicted octanol–water partition coefficient (Wildman–Crippen LogP) is 3.86. The molecular formula is C20H20F2N4O. The first-order chi connectivity index (χ1) is 12.8. The van der Waals surface area contributed by atoms with Crippen molar-refractivity contribution in [3.63, 3.8) is 0 Å². The van der Waals surface area contributed by atoms with Crippen molar-refractivity contribution >= 4 is 5.91 Å². The van der Waals surface area contributed by atoms with Crippen molar-refractivity contribution in [2.75, 3.05) is 0 Å². The minimum atomic E-state index is -1.02. The average molecular weight is 370 g/mol. The second-order valence-electron chi connectivity index (χ2n) is 7.71. The van der Waals surface area contributed by atoms with E-state index in [2.05, 4.69) is 20.8 Å². The van der Waals surface area contributed by atoms with E-state index in [1.54, 1.807) is 4.90 Å². The smallest absolute Gasteiger partial charge is 0.254 e. The summed E-state index contributed by atoms with van der Waals surface area (Å²) in [5.41, 5.74) is 1.70. The summed E-state index contributed by atoms with van der Waals surface area (Å²) >= 11 is 0. The fraction of sp³-hybridized carbons (Fsp3) is 0.300. The average Bonchev–Trinajstić information content (AvgIpc) is 3.30. The number of aromatic nitrogens is 3. The van der Waals surface area contributed by atoms with Crippen LogP contribution in [0.5, 0.6) is 0 Å². The second kappa shape index (κ2) is 6.04. The van der Waals surface area contributed by atoms with Crippen molar-refractivity contribution in [2.45, 2.75) is 39.4 Å². The van der Waals surface area contributed by atoms with Crippen molar-refractivity contribution < 1.29 is 13.6 Å². The molecule has 4 rings (SSSR count). The van der Waals surface area contributed by atoms with Gasteiger partial charge in [0.1, 0.15) is 5.82 Å². The molecule has 7 heteroatoms. The van der Waals surface area contributed by atoms with Gasteiger partial charge in [0.05, 0.1) is 24.3 Å². The highest BCUT2D eigenvalue weighted by molar-refractivity contribution is 5.94. The molecular weight excluding hydrogens is 350 g/mol. The molecule has 5 nitrogen and oxygen atoms in total. The van der Waals surface area contributed by atoms with Crippen molar-refractivity contribution in [1.82, 2.24) is 19.2 Å². The summed E-state index contributed by atoms with van der Waals surface area (Å²) in [5.74, 6) is -1.41. The molecule has 1 amide bonds. The number of nitrogens with zero attached hydrogens (tertiary/aromatic N) is 4. The van der Waals surface area contributed by atoms with E-state index in [9.17, 15) is 13.6 Å². The Morgan fingerprint density at radius 1 is 1.07 bits per heavy atom. The third-order valence-corrected chi connectivity index (χ3v) is 4.67. The highest BCUT2D eigenvalue weighted by Gasteiger charge is 2.34. The molecule has 2 aromatic heterocycles. The minimum Gasteiger partial charge on any atom is -0.328 e. The molecule has 1 aromatic carbocycles. The van der Waals surface area contributed by atoms with Gasteiger partial charge in [-0.25, -0.2) is 13.5 Å². The number of hydrogen-bond acceptors (Lipinski definition) is 2. The van der Waals surface area contributed by atoms with Crippen LogP contribution in [0.4, 0.5) is 8.78 Å². The Kier molecular flexibility index (Phi) is 3.91. The molecule has 0 unspecified atom stereocenters. The molecule has 0 radical (unpaired) electrons. The summed E-state index contributed by atoms with van der Waals surface area (Å²) in [6, 6.07) is 7.09. The molecule has 0 spiro atoms. The van der Waals surface area contributed by atoms with Gasteiger partial charge in [-0.2, -0.15) is 5.10 Å². The lowest BCUT2D eigenvalue weighted by molar-refractivity contribution is 0.0747. The lowest BCUT2D eigenvalue weighted by Crippen LogP contribution is -2.29. The van der Waals surface area contributed by atoms with Gasteiger partial charge in [-0.05, 0) is 51.1 Å². The van der Waals surface area contributed by atoms with Crippen LogP contribution in [0.25, 0.3) is 5.82 Å². The molecule has 0 aliphatic carbocycles. The fourth-order valence-electron chi connectivity index (χ4n) is 3.37.